The number of carbonyl (C=O) groups is 2. The fourth-order valence-electron chi connectivity index (χ4n) is 5.53. The van der Waals surface area contributed by atoms with Crippen molar-refractivity contribution in [3.05, 3.63) is 89.5 Å². The van der Waals surface area contributed by atoms with Gasteiger partial charge in [0.05, 0.1) is 6.54 Å². The highest BCUT2D eigenvalue weighted by Crippen LogP contribution is 2.25. The molecule has 6 nitrogen and oxygen atoms in total. The molecule has 1 aromatic heterocycles. The first kappa shape index (κ1) is 30.4. The minimum Gasteiger partial charge on any atom is -0.345 e. The summed E-state index contributed by atoms with van der Waals surface area (Å²) in [6.45, 7) is 8.04. The fraction of sp³-hybridized carbons (Fsp3) is 0.471. The lowest BCUT2D eigenvalue weighted by molar-refractivity contribution is -0.135. The van der Waals surface area contributed by atoms with Crippen molar-refractivity contribution in [3.8, 4) is 0 Å². The Kier molecular flexibility index (Phi) is 11.0. The summed E-state index contributed by atoms with van der Waals surface area (Å²) in [7, 11) is 0. The lowest BCUT2D eigenvalue weighted by Gasteiger charge is -2.36. The molecule has 1 aliphatic rings. The number of halogens is 1. The van der Waals surface area contributed by atoms with E-state index < -0.39 is 0 Å². The Hall–Kier alpha value is -3.61. The van der Waals surface area contributed by atoms with Gasteiger partial charge in [-0.1, -0.05) is 70.7 Å². The van der Waals surface area contributed by atoms with Crippen LogP contribution in [-0.4, -0.2) is 45.4 Å². The summed E-state index contributed by atoms with van der Waals surface area (Å²) in [5, 5.41) is 3.01. The summed E-state index contributed by atoms with van der Waals surface area (Å²) in [6.07, 6.45) is 9.14. The zero-order valence-electron chi connectivity index (χ0n) is 24.8. The number of hydrogen-bond acceptors (Lipinski definition) is 2. The Bertz CT molecular complexity index is 1250. The Morgan fingerprint density at radius 1 is 1.00 bits per heavy atom. The van der Waals surface area contributed by atoms with Crippen LogP contribution in [-0.2, 0) is 17.9 Å². The van der Waals surface area contributed by atoms with Crippen LogP contribution < -0.4 is 5.32 Å². The lowest BCUT2D eigenvalue weighted by Crippen LogP contribution is -2.48. The molecule has 3 amide bonds. The van der Waals surface area contributed by atoms with E-state index in [2.05, 4.69) is 36.7 Å². The van der Waals surface area contributed by atoms with E-state index in [-0.39, 0.29) is 30.3 Å². The number of nitrogens with one attached hydrogen (secondary N) is 1. The van der Waals surface area contributed by atoms with E-state index >= 15 is 0 Å². The summed E-state index contributed by atoms with van der Waals surface area (Å²) >= 11 is 0. The van der Waals surface area contributed by atoms with Gasteiger partial charge in [-0.05, 0) is 72.7 Å². The number of rotatable bonds is 12. The van der Waals surface area contributed by atoms with Gasteiger partial charge in [0.2, 0.25) is 5.91 Å². The number of aromatic nitrogens is 1. The zero-order valence-corrected chi connectivity index (χ0v) is 24.8. The third-order valence-electron chi connectivity index (χ3n) is 8.08. The summed E-state index contributed by atoms with van der Waals surface area (Å²) in [4.78, 5) is 31.0. The molecule has 0 unspecified atom stereocenters. The standard InChI is InChI=1S/C34H45FN4O2/c1-4-5-21-38(34(41)36-30-19-15-28(16-20-30)26(2)3)25-33(40)39(31-10-7-6-8-11-31)24-32-12-9-22-37(32)23-27-13-17-29(35)18-14-27/h9,12-20,22,26,31H,4-8,10-11,21,23-25H2,1-3H3,(H,36,41). The van der Waals surface area contributed by atoms with E-state index in [4.69, 9.17) is 0 Å². The maximum absolute atomic E-state index is 14.0. The van der Waals surface area contributed by atoms with Gasteiger partial charge in [0, 0.05) is 36.7 Å². The second kappa shape index (κ2) is 14.9. The molecule has 0 atom stereocenters. The highest BCUT2D eigenvalue weighted by molar-refractivity contribution is 5.92. The topological polar surface area (TPSA) is 57.6 Å². The summed E-state index contributed by atoms with van der Waals surface area (Å²) in [6, 6.07) is 18.4. The summed E-state index contributed by atoms with van der Waals surface area (Å²) in [5.74, 6) is 0.147. The summed E-state index contributed by atoms with van der Waals surface area (Å²) in [5.41, 5.74) is 3.98. The molecule has 4 rings (SSSR count). The number of anilines is 1. The maximum Gasteiger partial charge on any atom is 0.322 e. The molecule has 1 heterocycles. The van der Waals surface area contributed by atoms with E-state index in [9.17, 15) is 14.0 Å². The molecule has 1 fully saturated rings. The van der Waals surface area contributed by atoms with Gasteiger partial charge in [0.25, 0.3) is 0 Å². The monoisotopic (exact) mass is 560 g/mol. The van der Waals surface area contributed by atoms with Crippen molar-refractivity contribution in [2.75, 3.05) is 18.4 Å². The van der Waals surface area contributed by atoms with E-state index in [0.29, 0.717) is 25.6 Å². The van der Waals surface area contributed by atoms with E-state index in [0.717, 1.165) is 55.5 Å². The first-order chi connectivity index (χ1) is 19.8. The molecule has 7 heteroatoms. The minimum atomic E-state index is -0.250. The Morgan fingerprint density at radius 2 is 1.71 bits per heavy atom. The number of hydrogen-bond donors (Lipinski definition) is 1. The molecular formula is C34H45FN4O2. The third-order valence-corrected chi connectivity index (χ3v) is 8.08. The molecule has 3 aromatic rings. The van der Waals surface area contributed by atoms with Crippen LogP contribution >= 0.6 is 0 Å². The minimum absolute atomic E-state index is 0.0205. The lowest BCUT2D eigenvalue weighted by atomic mass is 9.94. The van der Waals surface area contributed by atoms with E-state index in [1.807, 2.05) is 41.4 Å². The molecule has 0 saturated heterocycles. The summed E-state index contributed by atoms with van der Waals surface area (Å²) < 4.78 is 15.6. The number of urea groups is 1. The maximum atomic E-state index is 14.0. The molecule has 220 valence electrons. The van der Waals surface area contributed by atoms with Gasteiger partial charge < -0.3 is 19.7 Å². The van der Waals surface area contributed by atoms with Crippen molar-refractivity contribution in [1.29, 1.82) is 0 Å². The molecule has 0 spiro atoms. The molecular weight excluding hydrogens is 515 g/mol. The molecule has 1 N–H and O–H groups in total. The first-order valence-electron chi connectivity index (χ1n) is 15.2. The van der Waals surface area contributed by atoms with Crippen molar-refractivity contribution in [2.45, 2.75) is 90.8 Å². The average Bonchev–Trinajstić information content (AvgIpc) is 3.42. The van der Waals surface area contributed by atoms with Gasteiger partial charge in [-0.2, -0.15) is 0 Å². The van der Waals surface area contributed by atoms with Crippen LogP contribution in [0.25, 0.3) is 0 Å². The second-order valence-corrected chi connectivity index (χ2v) is 11.5. The van der Waals surface area contributed by atoms with E-state index in [1.54, 1.807) is 17.0 Å². The molecule has 1 aliphatic carbocycles. The number of nitrogens with zero attached hydrogens (tertiary/aromatic N) is 3. The highest BCUT2D eigenvalue weighted by Gasteiger charge is 2.29. The Labute approximate surface area is 244 Å². The van der Waals surface area contributed by atoms with Gasteiger partial charge in [-0.15, -0.1) is 0 Å². The molecule has 2 aromatic carbocycles. The van der Waals surface area contributed by atoms with Crippen LogP contribution in [0.5, 0.6) is 0 Å². The first-order valence-corrected chi connectivity index (χ1v) is 15.2. The molecule has 0 radical (unpaired) electrons. The second-order valence-electron chi connectivity index (χ2n) is 11.5. The molecule has 0 bridgehead atoms. The van der Waals surface area contributed by atoms with Gasteiger partial charge in [0.1, 0.15) is 12.4 Å². The number of unbranched alkanes of at least 4 members (excludes halogenated alkanes) is 1. The zero-order chi connectivity index (χ0) is 29.2. The van der Waals surface area contributed by atoms with Crippen LogP contribution in [0.1, 0.15) is 88.5 Å². The van der Waals surface area contributed by atoms with E-state index in [1.165, 1.54) is 24.1 Å². The van der Waals surface area contributed by atoms with Gasteiger partial charge in [-0.25, -0.2) is 9.18 Å². The van der Waals surface area contributed by atoms with Crippen molar-refractivity contribution >= 4 is 17.6 Å². The Balaban J connectivity index is 1.49. The smallest absolute Gasteiger partial charge is 0.322 e. The van der Waals surface area contributed by atoms with Crippen molar-refractivity contribution in [2.24, 2.45) is 0 Å². The SMILES string of the molecule is CCCCN(CC(=O)N(Cc1cccn1Cc1ccc(F)cc1)C1CCCCC1)C(=O)Nc1ccc(C(C)C)cc1. The number of amides is 3. The average molecular weight is 561 g/mol. The predicted octanol–water partition coefficient (Wildman–Crippen LogP) is 7.79. The van der Waals surface area contributed by atoms with Crippen LogP contribution in [0.4, 0.5) is 14.9 Å². The van der Waals surface area contributed by atoms with Crippen LogP contribution in [0.15, 0.2) is 66.9 Å². The van der Waals surface area contributed by atoms with Crippen LogP contribution in [0.3, 0.4) is 0 Å². The predicted molar refractivity (Wildman–Crippen MR) is 163 cm³/mol. The molecule has 41 heavy (non-hydrogen) atoms. The quantitative estimate of drug-likeness (QED) is 0.246. The third kappa shape index (κ3) is 8.69. The van der Waals surface area contributed by atoms with Crippen molar-refractivity contribution in [1.82, 2.24) is 14.4 Å². The van der Waals surface area contributed by atoms with Gasteiger partial charge in [0.15, 0.2) is 0 Å². The number of benzene rings is 2. The van der Waals surface area contributed by atoms with Crippen molar-refractivity contribution < 1.29 is 14.0 Å². The van der Waals surface area contributed by atoms with Crippen molar-refractivity contribution in [3.63, 3.8) is 0 Å². The van der Waals surface area contributed by atoms with Gasteiger partial charge in [-0.3, -0.25) is 4.79 Å². The van der Waals surface area contributed by atoms with Crippen LogP contribution in [0, 0.1) is 5.82 Å². The normalized spacial score (nSPS) is 13.8. The highest BCUT2D eigenvalue weighted by atomic mass is 19.1. The van der Waals surface area contributed by atoms with Gasteiger partial charge >= 0.3 is 6.03 Å². The molecule has 1 saturated carbocycles. The Morgan fingerprint density at radius 3 is 2.37 bits per heavy atom. The fourth-order valence-corrected chi connectivity index (χ4v) is 5.53. The molecule has 0 aliphatic heterocycles. The largest absolute Gasteiger partial charge is 0.345 e. The van der Waals surface area contributed by atoms with Crippen LogP contribution in [0.2, 0.25) is 0 Å². The number of carbonyl (C=O) groups excluding carboxylic acids is 2.